The van der Waals surface area contributed by atoms with Crippen LogP contribution in [0.5, 0.6) is 0 Å². The topological polar surface area (TPSA) is 29.1 Å². The summed E-state index contributed by atoms with van der Waals surface area (Å²) in [5, 5.41) is 0. The average Bonchev–Trinajstić information content (AvgIpc) is 1.62. The highest BCUT2D eigenvalue weighted by molar-refractivity contribution is 6.16. The summed E-state index contributed by atoms with van der Waals surface area (Å²) in [6, 6.07) is 0. The maximum atomic E-state index is 10.8. The largest absolute Gasteiger partial charge is 0.298 e. The summed E-state index contributed by atoms with van der Waals surface area (Å²) in [5.74, 6) is 0.156. The van der Waals surface area contributed by atoms with Gasteiger partial charge in [0.15, 0.2) is 5.78 Å². The van der Waals surface area contributed by atoms with Crippen LogP contribution in [0.2, 0.25) is 0 Å². The zero-order valence-corrected chi connectivity index (χ0v) is 6.16. The van der Waals surface area contributed by atoms with E-state index in [1.165, 1.54) is 0 Å². The quantitative estimate of drug-likeness (QED) is 0.596. The van der Waals surface area contributed by atoms with Crippen LogP contribution in [0.15, 0.2) is 0 Å². The smallest absolute Gasteiger partial charge is 0.151 e. The Morgan fingerprint density at radius 1 is 1.67 bits per heavy atom. The molecule has 1 fully saturated rings. The summed E-state index contributed by atoms with van der Waals surface area (Å²) in [6.45, 7) is 1.58. The van der Waals surface area contributed by atoms with Crippen molar-refractivity contribution < 1.29 is 4.79 Å². The number of halogens is 1. The molecule has 0 atom stereocenters. The summed E-state index contributed by atoms with van der Waals surface area (Å²) in [6.07, 6.45) is 2.90. The third-order valence-corrected chi connectivity index (χ3v) is 2.42. The fourth-order valence-corrected chi connectivity index (χ4v) is 1.37. The van der Waals surface area contributed by atoms with E-state index >= 15 is 0 Å². The van der Waals surface area contributed by atoms with Crippen molar-refractivity contribution in [1.29, 1.82) is 0 Å². The first-order valence-corrected chi connectivity index (χ1v) is 3.48. The molecule has 1 N–H and O–H groups in total. The molecule has 9 heavy (non-hydrogen) atoms. The monoisotopic (exact) mass is 147 g/mol. The Hall–Kier alpha value is -0.0800. The molecule has 0 aromatic carbocycles. The highest BCUT2D eigenvalue weighted by atomic mass is 35.5. The van der Waals surface area contributed by atoms with Crippen LogP contribution in [0.1, 0.15) is 26.2 Å². The van der Waals surface area contributed by atoms with Crippen molar-refractivity contribution in [3.63, 3.8) is 0 Å². The van der Waals surface area contributed by atoms with Gasteiger partial charge in [0.2, 0.25) is 0 Å². The van der Waals surface area contributed by atoms with Crippen molar-refractivity contribution in [2.75, 3.05) is 0 Å². The Morgan fingerprint density at radius 2 is 2.22 bits per heavy atom. The van der Waals surface area contributed by atoms with E-state index < -0.39 is 0 Å². The first-order chi connectivity index (χ1) is 4.21. The molecule has 0 bridgehead atoms. The second-order valence-electron chi connectivity index (χ2n) is 2.59. The summed E-state index contributed by atoms with van der Waals surface area (Å²) < 4.78 is 0. The third-order valence-electron chi connectivity index (χ3n) is 2.06. The number of hydrogen-bond donors (Lipinski definition) is 1. The van der Waals surface area contributed by atoms with Gasteiger partial charge in [0.05, 0.1) is 5.54 Å². The Kier molecular flexibility index (Phi) is 1.78. The first-order valence-electron chi connectivity index (χ1n) is 3.10. The van der Waals surface area contributed by atoms with Crippen LogP contribution in [0, 0.1) is 0 Å². The maximum absolute atomic E-state index is 10.8. The number of ketones is 1. The molecular formula is C6H10ClNO. The molecule has 2 nitrogen and oxygen atoms in total. The molecule has 0 unspecified atom stereocenters. The van der Waals surface area contributed by atoms with Crippen LogP contribution in [-0.4, -0.2) is 11.3 Å². The van der Waals surface area contributed by atoms with Crippen molar-refractivity contribution in [2.45, 2.75) is 31.7 Å². The first kappa shape index (κ1) is 7.03. The third kappa shape index (κ3) is 0.970. The molecule has 1 aliphatic rings. The van der Waals surface area contributed by atoms with Gasteiger partial charge in [0, 0.05) is 0 Å². The van der Waals surface area contributed by atoms with Crippen LogP contribution in [-0.2, 0) is 4.79 Å². The van der Waals surface area contributed by atoms with E-state index in [0.29, 0.717) is 0 Å². The van der Waals surface area contributed by atoms with Gasteiger partial charge < -0.3 is 0 Å². The van der Waals surface area contributed by atoms with Gasteiger partial charge in [-0.25, -0.2) is 4.84 Å². The van der Waals surface area contributed by atoms with Gasteiger partial charge in [-0.1, -0.05) is 0 Å². The molecule has 0 aromatic heterocycles. The zero-order valence-electron chi connectivity index (χ0n) is 5.41. The Bertz CT molecular complexity index is 126. The fourth-order valence-electron chi connectivity index (χ4n) is 1.04. The molecule has 3 heteroatoms. The van der Waals surface area contributed by atoms with Gasteiger partial charge in [0.25, 0.3) is 0 Å². The lowest BCUT2D eigenvalue weighted by Gasteiger charge is -2.37. The standard InChI is InChI=1S/C6H10ClNO/c1-5(9)6(8-7)3-2-4-6/h8H,2-4H2,1H3. The molecule has 1 rings (SSSR count). The van der Waals surface area contributed by atoms with E-state index in [1.807, 2.05) is 0 Å². The molecule has 0 aliphatic heterocycles. The molecule has 0 aromatic rings. The van der Waals surface area contributed by atoms with Crippen LogP contribution in [0.3, 0.4) is 0 Å². The predicted octanol–water partition coefficient (Wildman–Crippen LogP) is 1.24. The normalized spacial score (nSPS) is 22.9. The van der Waals surface area contributed by atoms with Crippen LogP contribution in [0.25, 0.3) is 0 Å². The van der Waals surface area contributed by atoms with Crippen LogP contribution >= 0.6 is 11.8 Å². The van der Waals surface area contributed by atoms with Gasteiger partial charge in [0.1, 0.15) is 0 Å². The van der Waals surface area contributed by atoms with E-state index in [4.69, 9.17) is 11.8 Å². The molecule has 1 aliphatic carbocycles. The summed E-state index contributed by atoms with van der Waals surface area (Å²) >= 11 is 5.38. The van der Waals surface area contributed by atoms with Gasteiger partial charge in [-0.3, -0.25) is 4.79 Å². The van der Waals surface area contributed by atoms with Crippen molar-refractivity contribution >= 4 is 17.6 Å². The van der Waals surface area contributed by atoms with E-state index in [-0.39, 0.29) is 11.3 Å². The molecule has 0 radical (unpaired) electrons. The van der Waals surface area contributed by atoms with Crippen molar-refractivity contribution in [3.05, 3.63) is 0 Å². The number of nitrogens with one attached hydrogen (secondary N) is 1. The number of carbonyl (C=O) groups excluding carboxylic acids is 1. The van der Waals surface area contributed by atoms with Gasteiger partial charge in [-0.15, -0.1) is 0 Å². The second-order valence-corrected chi connectivity index (χ2v) is 2.78. The number of hydrogen-bond acceptors (Lipinski definition) is 2. The molecule has 0 heterocycles. The van der Waals surface area contributed by atoms with Crippen molar-refractivity contribution in [2.24, 2.45) is 0 Å². The van der Waals surface area contributed by atoms with E-state index in [2.05, 4.69) is 4.84 Å². The summed E-state index contributed by atoms with van der Waals surface area (Å²) in [7, 11) is 0. The molecule has 52 valence electrons. The Balaban J connectivity index is 2.57. The van der Waals surface area contributed by atoms with Crippen LogP contribution < -0.4 is 4.84 Å². The number of carbonyl (C=O) groups is 1. The lowest BCUT2D eigenvalue weighted by Crippen LogP contribution is -2.52. The summed E-state index contributed by atoms with van der Waals surface area (Å²) in [5.41, 5.74) is -0.360. The van der Waals surface area contributed by atoms with E-state index in [0.717, 1.165) is 19.3 Å². The van der Waals surface area contributed by atoms with E-state index in [1.54, 1.807) is 6.92 Å². The van der Waals surface area contributed by atoms with Gasteiger partial charge in [-0.2, -0.15) is 0 Å². The highest BCUT2D eigenvalue weighted by Crippen LogP contribution is 2.32. The molecule has 1 saturated carbocycles. The SMILES string of the molecule is CC(=O)C1(NCl)CCC1. The van der Waals surface area contributed by atoms with Gasteiger partial charge in [-0.05, 0) is 38.0 Å². The Labute approximate surface area is 59.7 Å². The highest BCUT2D eigenvalue weighted by Gasteiger charge is 2.40. The van der Waals surface area contributed by atoms with Crippen molar-refractivity contribution in [1.82, 2.24) is 4.84 Å². The van der Waals surface area contributed by atoms with Gasteiger partial charge >= 0.3 is 0 Å². The molecule has 0 saturated heterocycles. The lowest BCUT2D eigenvalue weighted by atomic mass is 9.75. The fraction of sp³-hybridized carbons (Fsp3) is 0.833. The molecule has 0 amide bonds. The maximum Gasteiger partial charge on any atom is 0.151 e. The summed E-state index contributed by atoms with van der Waals surface area (Å²) in [4.78, 5) is 13.4. The zero-order chi connectivity index (χ0) is 6.91. The minimum Gasteiger partial charge on any atom is -0.298 e. The van der Waals surface area contributed by atoms with E-state index in [9.17, 15) is 4.79 Å². The number of Topliss-reactive ketones (excluding diaryl/α,β-unsaturated/α-hetero) is 1. The molecular weight excluding hydrogens is 138 g/mol. The Morgan fingerprint density at radius 3 is 2.22 bits per heavy atom. The number of rotatable bonds is 2. The van der Waals surface area contributed by atoms with Crippen LogP contribution in [0.4, 0.5) is 0 Å². The van der Waals surface area contributed by atoms with Crippen molar-refractivity contribution in [3.8, 4) is 0 Å². The second kappa shape index (κ2) is 2.27. The molecule has 0 spiro atoms. The minimum absolute atomic E-state index is 0.156. The lowest BCUT2D eigenvalue weighted by molar-refractivity contribution is -0.125. The average molecular weight is 148 g/mol. The minimum atomic E-state index is -0.360. The predicted molar refractivity (Wildman–Crippen MR) is 36.3 cm³/mol.